The van der Waals surface area contributed by atoms with Gasteiger partial charge in [0.25, 0.3) is 0 Å². The Morgan fingerprint density at radius 1 is 1.30 bits per heavy atom. The Morgan fingerprint density at radius 2 is 2.10 bits per heavy atom. The molecule has 0 spiro atoms. The number of nitrogens with zero attached hydrogens (tertiary/aromatic N) is 3. The molecule has 0 fully saturated rings. The maximum atomic E-state index is 9.23. The zero-order valence-corrected chi connectivity index (χ0v) is 11.9. The van der Waals surface area contributed by atoms with Crippen LogP contribution in [0.5, 0.6) is 5.75 Å². The van der Waals surface area contributed by atoms with Crippen LogP contribution in [0.1, 0.15) is 5.82 Å². The summed E-state index contributed by atoms with van der Waals surface area (Å²) in [7, 11) is 3.56. The number of hydrogen-bond donors (Lipinski definition) is 2. The lowest BCUT2D eigenvalue weighted by Crippen LogP contribution is -2.24. The van der Waals surface area contributed by atoms with Gasteiger partial charge in [0.2, 0.25) is 0 Å². The van der Waals surface area contributed by atoms with E-state index in [2.05, 4.69) is 4.98 Å². The van der Waals surface area contributed by atoms with E-state index >= 15 is 0 Å². The molecule has 0 bridgehead atoms. The van der Waals surface area contributed by atoms with E-state index in [1.807, 2.05) is 34.7 Å². The monoisotopic (exact) mass is 279 g/mol. The van der Waals surface area contributed by atoms with Gasteiger partial charge in [-0.1, -0.05) is 0 Å². The summed E-state index contributed by atoms with van der Waals surface area (Å²) in [4.78, 5) is 6.60. The highest BCUT2D eigenvalue weighted by Crippen LogP contribution is 2.22. The minimum atomic E-state index is 0.0637. The third-order valence-corrected chi connectivity index (χ3v) is 3.25. The number of likely N-dealkylation sites (N-methyl/N-ethyl adjacent to an activating group) is 1. The minimum absolute atomic E-state index is 0.0637. The number of aliphatic hydroxyl groups is 2. The summed E-state index contributed by atoms with van der Waals surface area (Å²) >= 11 is 0. The smallest absolute Gasteiger partial charge is 0.124 e. The predicted octanol–water partition coefficient (Wildman–Crippen LogP) is 0.461. The second kappa shape index (κ2) is 6.69. The van der Waals surface area contributed by atoms with Crippen molar-refractivity contribution >= 4 is 11.0 Å². The quantitative estimate of drug-likeness (QED) is 0.770. The first-order chi connectivity index (χ1) is 9.69. The molecular weight excluding hydrogens is 258 g/mol. The molecular formula is C14H21N3O3. The molecule has 0 atom stereocenters. The molecule has 2 N–H and O–H groups in total. The number of fused-ring (bicyclic) bond motifs is 1. The van der Waals surface area contributed by atoms with Gasteiger partial charge in [-0.25, -0.2) is 4.98 Å². The number of aromatic nitrogens is 2. The van der Waals surface area contributed by atoms with Crippen molar-refractivity contribution in [2.45, 2.75) is 13.1 Å². The molecule has 0 saturated carbocycles. The number of rotatable bonds is 7. The molecule has 0 aliphatic heterocycles. The van der Waals surface area contributed by atoms with Crippen LogP contribution in [0.3, 0.4) is 0 Å². The molecule has 20 heavy (non-hydrogen) atoms. The van der Waals surface area contributed by atoms with E-state index in [-0.39, 0.29) is 13.2 Å². The van der Waals surface area contributed by atoms with E-state index < -0.39 is 0 Å². The molecule has 2 rings (SSSR count). The van der Waals surface area contributed by atoms with Crippen molar-refractivity contribution in [2.24, 2.45) is 0 Å². The normalized spacial score (nSPS) is 11.4. The zero-order chi connectivity index (χ0) is 14.5. The summed E-state index contributed by atoms with van der Waals surface area (Å²) in [6, 6.07) is 5.73. The molecule has 6 nitrogen and oxygen atoms in total. The summed E-state index contributed by atoms with van der Waals surface area (Å²) < 4.78 is 7.21. The molecule has 2 aromatic rings. The molecule has 6 heteroatoms. The summed E-state index contributed by atoms with van der Waals surface area (Å²) in [5.41, 5.74) is 1.83. The fourth-order valence-corrected chi connectivity index (χ4v) is 2.25. The van der Waals surface area contributed by atoms with Crippen molar-refractivity contribution in [2.75, 3.05) is 33.9 Å². The predicted molar refractivity (Wildman–Crippen MR) is 76.8 cm³/mol. The number of methoxy groups -OCH3 is 1. The Morgan fingerprint density at radius 3 is 2.75 bits per heavy atom. The second-order valence-electron chi connectivity index (χ2n) is 4.72. The largest absolute Gasteiger partial charge is 0.497 e. The van der Waals surface area contributed by atoms with Gasteiger partial charge >= 0.3 is 0 Å². The van der Waals surface area contributed by atoms with Crippen molar-refractivity contribution in [3.8, 4) is 5.75 Å². The Bertz CT molecular complexity index is 568. The van der Waals surface area contributed by atoms with Gasteiger partial charge in [0.15, 0.2) is 0 Å². The third kappa shape index (κ3) is 3.09. The van der Waals surface area contributed by atoms with E-state index in [4.69, 9.17) is 9.84 Å². The average molecular weight is 279 g/mol. The maximum absolute atomic E-state index is 9.23. The van der Waals surface area contributed by atoms with Crippen LogP contribution in [-0.2, 0) is 13.1 Å². The van der Waals surface area contributed by atoms with Crippen LogP contribution in [0.2, 0.25) is 0 Å². The van der Waals surface area contributed by atoms with Crippen LogP contribution in [0.4, 0.5) is 0 Å². The van der Waals surface area contributed by atoms with Gasteiger partial charge in [0.05, 0.1) is 37.9 Å². The van der Waals surface area contributed by atoms with Crippen molar-refractivity contribution in [3.63, 3.8) is 0 Å². The average Bonchev–Trinajstić information content (AvgIpc) is 2.76. The maximum Gasteiger partial charge on any atom is 0.124 e. The first-order valence-electron chi connectivity index (χ1n) is 6.63. The van der Waals surface area contributed by atoms with Gasteiger partial charge in [-0.15, -0.1) is 0 Å². The standard InChI is InChI=1S/C14H21N3O3/c1-16(5-7-18)10-14-15-12-9-11(20-2)3-4-13(12)17(14)6-8-19/h3-4,9,18-19H,5-8,10H2,1-2H3. The van der Waals surface area contributed by atoms with Crippen molar-refractivity contribution in [1.29, 1.82) is 0 Å². The number of hydrogen-bond acceptors (Lipinski definition) is 5. The molecule has 0 aliphatic rings. The lowest BCUT2D eigenvalue weighted by atomic mass is 10.3. The lowest BCUT2D eigenvalue weighted by molar-refractivity contribution is 0.211. The van der Waals surface area contributed by atoms with Crippen LogP contribution in [-0.4, -0.2) is 58.6 Å². The highest BCUT2D eigenvalue weighted by atomic mass is 16.5. The fourth-order valence-electron chi connectivity index (χ4n) is 2.25. The van der Waals surface area contributed by atoms with Gasteiger partial charge in [-0.3, -0.25) is 4.90 Å². The Balaban J connectivity index is 2.38. The second-order valence-corrected chi connectivity index (χ2v) is 4.72. The summed E-state index contributed by atoms with van der Waals surface area (Å²) in [6.45, 7) is 1.90. The minimum Gasteiger partial charge on any atom is -0.497 e. The van der Waals surface area contributed by atoms with E-state index in [0.29, 0.717) is 19.6 Å². The Kier molecular flexibility index (Phi) is 4.94. The van der Waals surface area contributed by atoms with E-state index in [1.165, 1.54) is 0 Å². The zero-order valence-electron chi connectivity index (χ0n) is 11.9. The third-order valence-electron chi connectivity index (χ3n) is 3.25. The molecule has 0 aliphatic carbocycles. The van der Waals surface area contributed by atoms with Gasteiger partial charge in [0.1, 0.15) is 11.6 Å². The first-order valence-corrected chi connectivity index (χ1v) is 6.63. The Hall–Kier alpha value is -1.63. The van der Waals surface area contributed by atoms with Crippen molar-refractivity contribution in [1.82, 2.24) is 14.5 Å². The van der Waals surface area contributed by atoms with Gasteiger partial charge in [0, 0.05) is 19.2 Å². The van der Waals surface area contributed by atoms with Gasteiger partial charge < -0.3 is 19.5 Å². The number of aliphatic hydroxyl groups excluding tert-OH is 2. The number of ether oxygens (including phenoxy) is 1. The summed E-state index contributed by atoms with van der Waals surface area (Å²) in [5, 5.41) is 18.2. The lowest BCUT2D eigenvalue weighted by Gasteiger charge is -2.15. The van der Waals surface area contributed by atoms with Gasteiger partial charge in [-0.05, 0) is 19.2 Å². The van der Waals surface area contributed by atoms with Gasteiger partial charge in [-0.2, -0.15) is 0 Å². The summed E-state index contributed by atoms with van der Waals surface area (Å²) in [5.74, 6) is 1.64. The molecule has 0 radical (unpaired) electrons. The number of benzene rings is 1. The van der Waals surface area contributed by atoms with Crippen LogP contribution < -0.4 is 4.74 Å². The van der Waals surface area contributed by atoms with E-state index in [1.54, 1.807) is 7.11 Å². The van der Waals surface area contributed by atoms with Crippen molar-refractivity contribution < 1.29 is 14.9 Å². The molecule has 0 saturated heterocycles. The molecule has 1 aromatic carbocycles. The molecule has 1 heterocycles. The fraction of sp³-hybridized carbons (Fsp3) is 0.500. The SMILES string of the molecule is COc1ccc2c(c1)nc(CN(C)CCO)n2CCO. The highest BCUT2D eigenvalue weighted by molar-refractivity contribution is 5.77. The van der Waals surface area contributed by atoms with Crippen LogP contribution in [0.15, 0.2) is 18.2 Å². The van der Waals surface area contributed by atoms with Crippen molar-refractivity contribution in [3.05, 3.63) is 24.0 Å². The summed E-state index contributed by atoms with van der Waals surface area (Å²) in [6.07, 6.45) is 0. The van der Waals surface area contributed by atoms with E-state index in [0.717, 1.165) is 22.6 Å². The highest BCUT2D eigenvalue weighted by Gasteiger charge is 2.12. The van der Waals surface area contributed by atoms with Crippen LogP contribution in [0.25, 0.3) is 11.0 Å². The molecule has 1 aromatic heterocycles. The first kappa shape index (κ1) is 14.8. The Labute approximate surface area is 118 Å². The molecule has 0 amide bonds. The number of imidazole rings is 1. The van der Waals surface area contributed by atoms with Crippen LogP contribution >= 0.6 is 0 Å². The molecule has 110 valence electrons. The van der Waals surface area contributed by atoms with E-state index in [9.17, 15) is 5.11 Å². The van der Waals surface area contributed by atoms with Crippen LogP contribution in [0, 0.1) is 0 Å². The topological polar surface area (TPSA) is 70.8 Å². The molecule has 0 unspecified atom stereocenters.